The summed E-state index contributed by atoms with van der Waals surface area (Å²) in [6, 6.07) is 6.18. The number of carbonyl (C=O) groups excluding carboxylic acids is 2. The first-order chi connectivity index (χ1) is 7.08. The van der Waals surface area contributed by atoms with Gasteiger partial charge in [-0.15, -0.1) is 0 Å². The van der Waals surface area contributed by atoms with E-state index >= 15 is 0 Å². The van der Waals surface area contributed by atoms with Gasteiger partial charge in [0.15, 0.2) is 0 Å². The smallest absolute Gasteiger partial charge is 0.243 e. The highest BCUT2D eigenvalue weighted by atomic mass is 16.3. The van der Waals surface area contributed by atoms with E-state index in [2.05, 4.69) is 10.6 Å². The van der Waals surface area contributed by atoms with E-state index in [1.54, 1.807) is 12.1 Å². The summed E-state index contributed by atoms with van der Waals surface area (Å²) in [7, 11) is 0. The Hall–Kier alpha value is -2.04. The van der Waals surface area contributed by atoms with Crippen LogP contribution < -0.4 is 10.6 Å². The summed E-state index contributed by atoms with van der Waals surface area (Å²) in [5, 5.41) is 14.0. The summed E-state index contributed by atoms with van der Waals surface area (Å²) in [6.45, 7) is 1.26. The zero-order valence-corrected chi connectivity index (χ0v) is 8.28. The van der Waals surface area contributed by atoms with E-state index in [9.17, 15) is 9.59 Å². The number of anilines is 1. The van der Waals surface area contributed by atoms with Crippen LogP contribution >= 0.6 is 0 Å². The summed E-state index contributed by atoms with van der Waals surface area (Å²) in [5.74, 6) is -0.524. The van der Waals surface area contributed by atoms with Crippen LogP contribution in [-0.2, 0) is 9.59 Å². The number of rotatable bonds is 3. The van der Waals surface area contributed by atoms with Crippen molar-refractivity contribution in [2.24, 2.45) is 0 Å². The molecule has 0 bridgehead atoms. The fourth-order valence-corrected chi connectivity index (χ4v) is 0.994. The van der Waals surface area contributed by atoms with Crippen LogP contribution in [0.2, 0.25) is 0 Å². The third-order valence-electron chi connectivity index (χ3n) is 1.63. The van der Waals surface area contributed by atoms with E-state index in [4.69, 9.17) is 5.11 Å². The number of carbonyl (C=O) groups is 2. The molecule has 0 saturated carbocycles. The molecule has 1 aromatic carbocycles. The second-order valence-corrected chi connectivity index (χ2v) is 3.01. The second-order valence-electron chi connectivity index (χ2n) is 3.01. The van der Waals surface area contributed by atoms with Crippen molar-refractivity contribution in [3.05, 3.63) is 24.3 Å². The van der Waals surface area contributed by atoms with Crippen molar-refractivity contribution in [1.29, 1.82) is 0 Å². The highest BCUT2D eigenvalue weighted by Gasteiger charge is 2.02. The highest BCUT2D eigenvalue weighted by Crippen LogP contribution is 2.14. The van der Waals surface area contributed by atoms with Gasteiger partial charge in [-0.2, -0.15) is 0 Å². The Morgan fingerprint density at radius 1 is 1.40 bits per heavy atom. The minimum absolute atomic E-state index is 0.0762. The number of phenols is 1. The van der Waals surface area contributed by atoms with Gasteiger partial charge in [0, 0.05) is 18.7 Å². The van der Waals surface area contributed by atoms with E-state index in [0.29, 0.717) is 5.69 Å². The normalized spacial score (nSPS) is 9.40. The van der Waals surface area contributed by atoms with Gasteiger partial charge in [-0.1, -0.05) is 6.07 Å². The Bertz CT molecular complexity index is 377. The summed E-state index contributed by atoms with van der Waals surface area (Å²) >= 11 is 0. The van der Waals surface area contributed by atoms with E-state index < -0.39 is 0 Å². The van der Waals surface area contributed by atoms with Crippen molar-refractivity contribution in [2.45, 2.75) is 6.92 Å². The molecule has 0 aromatic heterocycles. The molecule has 0 atom stereocenters. The lowest BCUT2D eigenvalue weighted by Gasteiger charge is -2.05. The predicted molar refractivity (Wildman–Crippen MR) is 55.4 cm³/mol. The molecular formula is C10H12N2O3. The Labute approximate surface area is 87.1 Å². The van der Waals surface area contributed by atoms with Crippen molar-refractivity contribution in [3.63, 3.8) is 0 Å². The van der Waals surface area contributed by atoms with Crippen LogP contribution in [0.5, 0.6) is 5.75 Å². The molecule has 0 aliphatic carbocycles. The van der Waals surface area contributed by atoms with E-state index in [-0.39, 0.29) is 24.1 Å². The Morgan fingerprint density at radius 3 is 2.73 bits per heavy atom. The van der Waals surface area contributed by atoms with Gasteiger partial charge in [0.05, 0.1) is 6.54 Å². The number of phenolic OH excluding ortho intramolecular Hbond substituents is 1. The van der Waals surface area contributed by atoms with Crippen molar-refractivity contribution in [1.82, 2.24) is 5.32 Å². The topological polar surface area (TPSA) is 78.4 Å². The Morgan fingerprint density at radius 2 is 2.13 bits per heavy atom. The molecule has 0 unspecified atom stereocenters. The Balaban J connectivity index is 2.48. The number of hydrogen-bond donors (Lipinski definition) is 3. The first kappa shape index (κ1) is 11.0. The molecule has 0 spiro atoms. The predicted octanol–water partition coefficient (Wildman–Crippen LogP) is 0.467. The van der Waals surface area contributed by atoms with Crippen LogP contribution in [0.3, 0.4) is 0 Å². The van der Waals surface area contributed by atoms with Crippen LogP contribution in [-0.4, -0.2) is 23.5 Å². The summed E-state index contributed by atoms with van der Waals surface area (Å²) in [6.07, 6.45) is 0. The van der Waals surface area contributed by atoms with Gasteiger partial charge in [-0.05, 0) is 12.1 Å². The lowest BCUT2D eigenvalue weighted by molar-refractivity contribution is -0.122. The average Bonchev–Trinajstić information content (AvgIpc) is 2.15. The highest BCUT2D eigenvalue weighted by molar-refractivity contribution is 5.94. The van der Waals surface area contributed by atoms with Crippen molar-refractivity contribution in [2.75, 3.05) is 11.9 Å². The summed E-state index contributed by atoms with van der Waals surface area (Å²) < 4.78 is 0. The van der Waals surface area contributed by atoms with E-state index in [1.165, 1.54) is 19.1 Å². The molecule has 80 valence electrons. The molecule has 0 fully saturated rings. The van der Waals surface area contributed by atoms with Crippen LogP contribution in [0, 0.1) is 0 Å². The lowest BCUT2D eigenvalue weighted by Crippen LogP contribution is -2.31. The molecule has 0 aliphatic rings. The van der Waals surface area contributed by atoms with Gasteiger partial charge >= 0.3 is 0 Å². The van der Waals surface area contributed by atoms with Gasteiger partial charge in [0.25, 0.3) is 0 Å². The van der Waals surface area contributed by atoms with Gasteiger partial charge < -0.3 is 15.7 Å². The first-order valence-electron chi connectivity index (χ1n) is 4.41. The van der Waals surface area contributed by atoms with Gasteiger partial charge in [-0.25, -0.2) is 0 Å². The van der Waals surface area contributed by atoms with E-state index in [0.717, 1.165) is 0 Å². The number of benzene rings is 1. The van der Waals surface area contributed by atoms with Crippen LogP contribution in [0.15, 0.2) is 24.3 Å². The molecule has 1 rings (SSSR count). The standard InChI is InChI=1S/C10H12N2O3/c1-7(13)11-6-10(15)12-8-3-2-4-9(14)5-8/h2-5,14H,6H2,1H3,(H,11,13)(H,12,15). The summed E-state index contributed by atoms with van der Waals surface area (Å²) in [5.41, 5.74) is 0.491. The average molecular weight is 208 g/mol. The quantitative estimate of drug-likeness (QED) is 0.675. The maximum atomic E-state index is 11.2. The molecule has 0 aliphatic heterocycles. The maximum absolute atomic E-state index is 11.2. The molecular weight excluding hydrogens is 196 g/mol. The molecule has 0 radical (unpaired) electrons. The first-order valence-corrected chi connectivity index (χ1v) is 4.41. The fourth-order valence-electron chi connectivity index (χ4n) is 0.994. The third kappa shape index (κ3) is 4.12. The van der Waals surface area contributed by atoms with Crippen molar-refractivity contribution < 1.29 is 14.7 Å². The van der Waals surface area contributed by atoms with Crippen LogP contribution in [0.4, 0.5) is 5.69 Å². The zero-order chi connectivity index (χ0) is 11.3. The van der Waals surface area contributed by atoms with Crippen LogP contribution in [0.25, 0.3) is 0 Å². The maximum Gasteiger partial charge on any atom is 0.243 e. The molecule has 0 heterocycles. The van der Waals surface area contributed by atoms with Crippen LogP contribution in [0.1, 0.15) is 6.92 Å². The minimum Gasteiger partial charge on any atom is -0.508 e. The fraction of sp³-hybridized carbons (Fsp3) is 0.200. The molecule has 3 N–H and O–H groups in total. The van der Waals surface area contributed by atoms with Crippen molar-refractivity contribution in [3.8, 4) is 5.75 Å². The molecule has 0 saturated heterocycles. The van der Waals surface area contributed by atoms with E-state index in [1.807, 2.05) is 0 Å². The summed E-state index contributed by atoms with van der Waals surface area (Å²) in [4.78, 5) is 21.7. The molecule has 15 heavy (non-hydrogen) atoms. The zero-order valence-electron chi connectivity index (χ0n) is 8.28. The largest absolute Gasteiger partial charge is 0.508 e. The molecule has 5 nitrogen and oxygen atoms in total. The Kier molecular flexibility index (Phi) is 3.68. The second kappa shape index (κ2) is 4.99. The molecule has 1 aromatic rings. The number of amides is 2. The van der Waals surface area contributed by atoms with Gasteiger partial charge in [-0.3, -0.25) is 9.59 Å². The number of hydrogen-bond acceptors (Lipinski definition) is 3. The molecule has 2 amide bonds. The van der Waals surface area contributed by atoms with Crippen molar-refractivity contribution >= 4 is 17.5 Å². The lowest BCUT2D eigenvalue weighted by atomic mass is 10.3. The SMILES string of the molecule is CC(=O)NCC(=O)Nc1cccc(O)c1. The number of nitrogens with one attached hydrogen (secondary N) is 2. The van der Waals surface area contributed by atoms with Gasteiger partial charge in [0.1, 0.15) is 5.75 Å². The molecule has 5 heteroatoms. The third-order valence-corrected chi connectivity index (χ3v) is 1.63. The monoisotopic (exact) mass is 208 g/mol. The minimum atomic E-state index is -0.337. The number of aromatic hydroxyl groups is 1. The van der Waals surface area contributed by atoms with Gasteiger partial charge in [0.2, 0.25) is 11.8 Å².